The summed E-state index contributed by atoms with van der Waals surface area (Å²) in [6, 6.07) is 5.57. The van der Waals surface area contributed by atoms with Crippen LogP contribution in [0.1, 0.15) is 40.0 Å². The van der Waals surface area contributed by atoms with Gasteiger partial charge in [-0.2, -0.15) is 0 Å². The van der Waals surface area contributed by atoms with E-state index < -0.39 is 0 Å². The minimum Gasteiger partial charge on any atom is -0.507 e. The molecule has 1 N–H and O–H groups in total. The topological polar surface area (TPSA) is 40.5 Å². The van der Waals surface area contributed by atoms with Gasteiger partial charge in [0, 0.05) is 24.9 Å². The highest BCUT2D eigenvalue weighted by molar-refractivity contribution is 5.86. The maximum Gasteiger partial charge on any atom is 0.134 e. The van der Waals surface area contributed by atoms with Gasteiger partial charge in [-0.25, -0.2) is 0 Å². The van der Waals surface area contributed by atoms with Crippen molar-refractivity contribution in [3.63, 3.8) is 0 Å². The highest BCUT2D eigenvalue weighted by Gasteiger charge is 2.15. The number of hydrogen-bond acceptors (Lipinski definition) is 3. The van der Waals surface area contributed by atoms with E-state index in [1.165, 1.54) is 5.56 Å². The molecule has 2 aliphatic carbocycles. The molecule has 0 saturated carbocycles. The van der Waals surface area contributed by atoms with Crippen LogP contribution in [-0.4, -0.2) is 35.4 Å². The molecule has 0 bridgehead atoms. The number of hydrogen-bond donors (Lipinski definition) is 1. The van der Waals surface area contributed by atoms with Crippen LogP contribution >= 0.6 is 0 Å². The highest BCUT2D eigenvalue weighted by Crippen LogP contribution is 2.42. The molecule has 106 valence electrons. The fourth-order valence-corrected chi connectivity index (χ4v) is 1.96. The van der Waals surface area contributed by atoms with E-state index in [1.807, 2.05) is 12.1 Å². The Kier molecular flexibility index (Phi) is 6.57. The van der Waals surface area contributed by atoms with Gasteiger partial charge in [0.1, 0.15) is 11.5 Å². The molecular formula is C16H25NO2. The van der Waals surface area contributed by atoms with Gasteiger partial charge in [-0.05, 0) is 37.2 Å². The van der Waals surface area contributed by atoms with Crippen LogP contribution in [0.5, 0.6) is 5.75 Å². The Morgan fingerprint density at radius 3 is 2.16 bits per heavy atom. The number of benzene rings is 1. The molecule has 0 heterocycles. The number of fused-ring (bicyclic) bond motifs is 1. The molecule has 0 aromatic carbocycles. The summed E-state index contributed by atoms with van der Waals surface area (Å²) in [5, 5.41) is 8.78. The Bertz CT molecular complexity index is 411. The monoisotopic (exact) mass is 263 g/mol. The minimum atomic E-state index is 0.407. The Morgan fingerprint density at radius 1 is 1.16 bits per heavy atom. The zero-order chi connectivity index (χ0) is 14.3. The van der Waals surface area contributed by atoms with Crippen LogP contribution in [0, 0.1) is 0 Å². The lowest BCUT2D eigenvalue weighted by atomic mass is 10.2. The zero-order valence-corrected chi connectivity index (χ0v) is 12.3. The third kappa shape index (κ3) is 5.43. The predicted molar refractivity (Wildman–Crippen MR) is 79.4 cm³/mol. The quantitative estimate of drug-likeness (QED) is 0.831. The van der Waals surface area contributed by atoms with Gasteiger partial charge in [0.2, 0.25) is 0 Å². The first-order valence-electron chi connectivity index (χ1n) is 7.19. The molecule has 0 aliphatic heterocycles. The van der Waals surface area contributed by atoms with Crippen LogP contribution < -0.4 is 0 Å². The molecule has 0 amide bonds. The van der Waals surface area contributed by atoms with E-state index in [-0.39, 0.29) is 0 Å². The van der Waals surface area contributed by atoms with Gasteiger partial charge in [0.25, 0.3) is 0 Å². The number of carbonyl (C=O) groups excluding carboxylic acids is 1. The maximum absolute atomic E-state index is 11.2. The average molecular weight is 263 g/mol. The van der Waals surface area contributed by atoms with Gasteiger partial charge < -0.3 is 10.0 Å². The first-order valence-corrected chi connectivity index (χ1v) is 7.19. The number of rotatable bonds is 7. The normalized spacial score (nSPS) is 10.9. The third-order valence-corrected chi connectivity index (χ3v) is 3.35. The summed E-state index contributed by atoms with van der Waals surface area (Å²) in [5.74, 6) is 0.833. The molecule has 19 heavy (non-hydrogen) atoms. The SMILES string of the molecule is CCCC(=O)CCN(CC)CC.Oc1ccc2cc1-2. The molecule has 3 heteroatoms. The van der Waals surface area contributed by atoms with Gasteiger partial charge >= 0.3 is 0 Å². The van der Waals surface area contributed by atoms with Crippen LogP contribution in [0.2, 0.25) is 0 Å². The number of phenolic OH excluding ortho intramolecular Hbond substituents is 1. The predicted octanol–water partition coefficient (Wildman–Crippen LogP) is 3.46. The fourth-order valence-electron chi connectivity index (χ4n) is 1.96. The molecule has 2 rings (SSSR count). The van der Waals surface area contributed by atoms with Crippen LogP contribution in [0.15, 0.2) is 18.2 Å². The van der Waals surface area contributed by atoms with E-state index in [2.05, 4.69) is 25.7 Å². The second-order valence-electron chi connectivity index (χ2n) is 4.80. The largest absolute Gasteiger partial charge is 0.507 e. The molecule has 0 aromatic rings. The van der Waals surface area contributed by atoms with Crippen molar-refractivity contribution in [3.05, 3.63) is 18.2 Å². The molecule has 0 radical (unpaired) electrons. The number of ketones is 1. The molecule has 0 saturated heterocycles. The zero-order valence-electron chi connectivity index (χ0n) is 12.3. The van der Waals surface area contributed by atoms with Crippen LogP contribution in [0.4, 0.5) is 0 Å². The van der Waals surface area contributed by atoms with Crippen molar-refractivity contribution in [2.45, 2.75) is 40.0 Å². The smallest absolute Gasteiger partial charge is 0.134 e. The average Bonchev–Trinajstić information content (AvgIpc) is 3.10. The molecule has 0 spiro atoms. The first-order chi connectivity index (χ1) is 9.12. The van der Waals surface area contributed by atoms with E-state index in [4.69, 9.17) is 5.11 Å². The molecule has 0 unspecified atom stereocenters. The van der Waals surface area contributed by atoms with Crippen LogP contribution in [-0.2, 0) is 4.79 Å². The lowest BCUT2D eigenvalue weighted by Crippen LogP contribution is -2.25. The van der Waals surface area contributed by atoms with Crippen LogP contribution in [0.3, 0.4) is 0 Å². The summed E-state index contributed by atoms with van der Waals surface area (Å²) in [4.78, 5) is 13.4. The Labute approximate surface area is 116 Å². The van der Waals surface area contributed by atoms with E-state index in [1.54, 1.807) is 6.07 Å². The third-order valence-electron chi connectivity index (χ3n) is 3.35. The standard InChI is InChI=1S/C10H21NO.C6H4O/c1-4-7-10(12)8-9-11(5-2)6-3;7-6-2-1-4-3-5(4)6/h4-9H2,1-3H3;1-3,7H. The number of Topliss-reactive ketones (excluding diaryl/α,β-unsaturated/α-hetero) is 1. The van der Waals surface area contributed by atoms with Crippen molar-refractivity contribution >= 4 is 5.78 Å². The highest BCUT2D eigenvalue weighted by atomic mass is 16.3. The van der Waals surface area contributed by atoms with E-state index in [0.717, 1.165) is 44.5 Å². The van der Waals surface area contributed by atoms with Crippen molar-refractivity contribution in [2.24, 2.45) is 0 Å². The van der Waals surface area contributed by atoms with Gasteiger partial charge in [0.05, 0.1) is 0 Å². The van der Waals surface area contributed by atoms with Gasteiger partial charge in [0.15, 0.2) is 0 Å². The van der Waals surface area contributed by atoms with Crippen molar-refractivity contribution < 1.29 is 9.90 Å². The summed E-state index contributed by atoms with van der Waals surface area (Å²) < 4.78 is 0. The minimum absolute atomic E-state index is 0.407. The Morgan fingerprint density at radius 2 is 1.84 bits per heavy atom. The number of phenols is 1. The molecular weight excluding hydrogens is 238 g/mol. The maximum atomic E-state index is 11.2. The van der Waals surface area contributed by atoms with Crippen LogP contribution in [0.25, 0.3) is 11.1 Å². The molecule has 2 aliphatic rings. The first kappa shape index (κ1) is 15.7. The number of carbonyl (C=O) groups is 1. The van der Waals surface area contributed by atoms with E-state index in [9.17, 15) is 4.79 Å². The second-order valence-corrected chi connectivity index (χ2v) is 4.80. The Hall–Kier alpha value is -1.35. The van der Waals surface area contributed by atoms with E-state index in [0.29, 0.717) is 11.5 Å². The summed E-state index contributed by atoms with van der Waals surface area (Å²) in [6.07, 6.45) is 2.47. The molecule has 0 fully saturated rings. The summed E-state index contributed by atoms with van der Waals surface area (Å²) >= 11 is 0. The number of nitrogens with zero attached hydrogens (tertiary/aromatic N) is 1. The van der Waals surface area contributed by atoms with E-state index >= 15 is 0 Å². The number of aromatic hydroxyl groups is 1. The molecule has 0 atom stereocenters. The van der Waals surface area contributed by atoms with Gasteiger partial charge in [-0.3, -0.25) is 4.79 Å². The second kappa shape index (κ2) is 7.95. The molecule has 3 nitrogen and oxygen atoms in total. The summed E-state index contributed by atoms with van der Waals surface area (Å²) in [6.45, 7) is 9.36. The van der Waals surface area contributed by atoms with Gasteiger partial charge in [-0.15, -0.1) is 0 Å². The lowest BCUT2D eigenvalue weighted by Gasteiger charge is -2.16. The molecule has 0 aromatic heterocycles. The van der Waals surface area contributed by atoms with Crippen molar-refractivity contribution in [1.29, 1.82) is 0 Å². The fraction of sp³-hybridized carbons (Fsp3) is 0.562. The summed E-state index contributed by atoms with van der Waals surface area (Å²) in [7, 11) is 0. The van der Waals surface area contributed by atoms with Crippen molar-refractivity contribution in [1.82, 2.24) is 4.90 Å². The van der Waals surface area contributed by atoms with Gasteiger partial charge in [-0.1, -0.05) is 26.8 Å². The van der Waals surface area contributed by atoms with Crippen molar-refractivity contribution in [2.75, 3.05) is 19.6 Å². The lowest BCUT2D eigenvalue weighted by molar-refractivity contribution is -0.119. The Balaban J connectivity index is 0.000000213. The van der Waals surface area contributed by atoms with Crippen molar-refractivity contribution in [3.8, 4) is 16.9 Å². The summed E-state index contributed by atoms with van der Waals surface area (Å²) in [5.41, 5.74) is 2.22.